The summed E-state index contributed by atoms with van der Waals surface area (Å²) < 4.78 is 7.67. The van der Waals surface area contributed by atoms with Crippen LogP contribution < -0.4 is 10.9 Å². The molecular weight excluding hydrogens is 374 g/mol. The van der Waals surface area contributed by atoms with Crippen molar-refractivity contribution in [3.8, 4) is 0 Å². The Balaban J connectivity index is 1.75. The number of carbonyl (C=O) groups excluding carboxylic acids is 1. The molecule has 2 aromatic heterocycles. The Morgan fingerprint density at radius 3 is 2.92 bits per heavy atom. The van der Waals surface area contributed by atoms with E-state index in [1.54, 1.807) is 6.92 Å². The minimum atomic E-state index is -0.271. The van der Waals surface area contributed by atoms with E-state index in [9.17, 15) is 9.59 Å². The third-order valence-corrected chi connectivity index (χ3v) is 4.34. The highest BCUT2D eigenvalue weighted by Gasteiger charge is 2.15. The summed E-state index contributed by atoms with van der Waals surface area (Å²) >= 11 is 3.39. The van der Waals surface area contributed by atoms with Crippen molar-refractivity contribution in [1.82, 2.24) is 14.9 Å². The van der Waals surface area contributed by atoms with Gasteiger partial charge in [-0.1, -0.05) is 28.1 Å². The highest BCUT2D eigenvalue weighted by molar-refractivity contribution is 9.10. The van der Waals surface area contributed by atoms with Gasteiger partial charge in [-0.3, -0.25) is 14.2 Å². The molecule has 1 aromatic carbocycles. The maximum Gasteiger partial charge on any atom is 0.265 e. The lowest BCUT2D eigenvalue weighted by Crippen LogP contribution is -2.32. The SMILES string of the molecule is Cc1oc2ncn(CC(=O)NCc3cccc(Br)c3)c(=O)c2c1C. The topological polar surface area (TPSA) is 77.1 Å². The molecule has 0 atom stereocenters. The van der Waals surface area contributed by atoms with Gasteiger partial charge in [0.25, 0.3) is 5.56 Å². The van der Waals surface area contributed by atoms with Gasteiger partial charge in [-0.05, 0) is 31.5 Å². The van der Waals surface area contributed by atoms with Crippen molar-refractivity contribution in [3.63, 3.8) is 0 Å². The first-order valence-electron chi connectivity index (χ1n) is 7.42. The Labute approximate surface area is 146 Å². The number of hydrogen-bond donors (Lipinski definition) is 1. The molecule has 24 heavy (non-hydrogen) atoms. The Morgan fingerprint density at radius 2 is 2.17 bits per heavy atom. The number of halogens is 1. The van der Waals surface area contributed by atoms with E-state index in [0.717, 1.165) is 15.6 Å². The van der Waals surface area contributed by atoms with Crippen molar-refractivity contribution in [2.75, 3.05) is 0 Å². The normalized spacial score (nSPS) is 11.0. The predicted octanol–water partition coefficient (Wildman–Crippen LogP) is 2.69. The quantitative estimate of drug-likeness (QED) is 0.743. The van der Waals surface area contributed by atoms with E-state index >= 15 is 0 Å². The molecule has 7 heteroatoms. The molecule has 0 saturated carbocycles. The third kappa shape index (κ3) is 3.26. The number of benzene rings is 1. The van der Waals surface area contributed by atoms with Gasteiger partial charge in [0.05, 0.1) is 0 Å². The van der Waals surface area contributed by atoms with Crippen molar-refractivity contribution >= 4 is 32.9 Å². The van der Waals surface area contributed by atoms with Crippen LogP contribution in [0.3, 0.4) is 0 Å². The number of nitrogens with zero attached hydrogens (tertiary/aromatic N) is 2. The van der Waals surface area contributed by atoms with Crippen LogP contribution in [0.1, 0.15) is 16.9 Å². The average molecular weight is 390 g/mol. The second kappa shape index (κ2) is 6.60. The Kier molecular flexibility index (Phi) is 4.53. The Hall–Kier alpha value is -2.41. The first kappa shape index (κ1) is 16.4. The molecule has 1 amide bonds. The molecule has 0 aliphatic rings. The molecular formula is C17H16BrN3O3. The maximum atomic E-state index is 12.5. The van der Waals surface area contributed by atoms with Gasteiger partial charge < -0.3 is 9.73 Å². The van der Waals surface area contributed by atoms with Crippen molar-refractivity contribution in [1.29, 1.82) is 0 Å². The number of rotatable bonds is 4. The number of aromatic nitrogens is 2. The lowest BCUT2D eigenvalue weighted by atomic mass is 10.2. The van der Waals surface area contributed by atoms with E-state index in [1.165, 1.54) is 10.9 Å². The van der Waals surface area contributed by atoms with Crippen LogP contribution in [-0.2, 0) is 17.9 Å². The highest BCUT2D eigenvalue weighted by Crippen LogP contribution is 2.19. The van der Waals surface area contributed by atoms with Crippen LogP contribution in [0.25, 0.3) is 11.1 Å². The van der Waals surface area contributed by atoms with E-state index in [4.69, 9.17) is 4.42 Å². The number of furan rings is 1. The number of carbonyl (C=O) groups is 1. The van der Waals surface area contributed by atoms with E-state index in [1.807, 2.05) is 31.2 Å². The zero-order valence-electron chi connectivity index (χ0n) is 13.3. The molecule has 124 valence electrons. The average Bonchev–Trinajstić information content (AvgIpc) is 2.84. The van der Waals surface area contributed by atoms with Gasteiger partial charge in [0.15, 0.2) is 0 Å². The zero-order valence-corrected chi connectivity index (χ0v) is 14.9. The van der Waals surface area contributed by atoms with Crippen LogP contribution in [0.15, 0.2) is 44.3 Å². The number of fused-ring (bicyclic) bond motifs is 1. The van der Waals surface area contributed by atoms with Gasteiger partial charge in [0.2, 0.25) is 11.6 Å². The third-order valence-electron chi connectivity index (χ3n) is 3.85. The molecule has 0 radical (unpaired) electrons. The number of amides is 1. The fourth-order valence-corrected chi connectivity index (χ4v) is 2.89. The summed E-state index contributed by atoms with van der Waals surface area (Å²) in [6.45, 7) is 3.90. The second-order valence-electron chi connectivity index (χ2n) is 5.55. The van der Waals surface area contributed by atoms with Gasteiger partial charge in [-0.2, -0.15) is 0 Å². The standard InChI is InChI=1S/C17H16BrN3O3/c1-10-11(2)24-16-15(10)17(23)21(9-20-16)8-14(22)19-7-12-4-3-5-13(18)6-12/h3-6,9H,7-8H2,1-2H3,(H,19,22). The second-order valence-corrected chi connectivity index (χ2v) is 6.46. The number of hydrogen-bond acceptors (Lipinski definition) is 4. The van der Waals surface area contributed by atoms with Crippen molar-refractivity contribution in [2.45, 2.75) is 26.9 Å². The fourth-order valence-electron chi connectivity index (χ4n) is 2.44. The minimum absolute atomic E-state index is 0.0839. The number of nitrogens with one attached hydrogen (secondary N) is 1. The van der Waals surface area contributed by atoms with Crippen molar-refractivity contribution in [2.24, 2.45) is 0 Å². The first-order valence-corrected chi connectivity index (χ1v) is 8.21. The summed E-state index contributed by atoms with van der Waals surface area (Å²) in [4.78, 5) is 28.7. The predicted molar refractivity (Wildman–Crippen MR) is 93.7 cm³/mol. The molecule has 0 bridgehead atoms. The van der Waals surface area contributed by atoms with Crippen LogP contribution in [0, 0.1) is 13.8 Å². The molecule has 0 aliphatic heterocycles. The van der Waals surface area contributed by atoms with E-state index in [-0.39, 0.29) is 18.0 Å². The van der Waals surface area contributed by atoms with Crippen molar-refractivity contribution in [3.05, 3.63) is 62.3 Å². The highest BCUT2D eigenvalue weighted by atomic mass is 79.9. The molecule has 0 saturated heterocycles. The van der Waals surface area contributed by atoms with Gasteiger partial charge in [-0.15, -0.1) is 0 Å². The van der Waals surface area contributed by atoms with E-state index in [2.05, 4.69) is 26.2 Å². The molecule has 1 N–H and O–H groups in total. The molecule has 3 rings (SSSR count). The van der Waals surface area contributed by atoms with E-state index in [0.29, 0.717) is 23.4 Å². The van der Waals surface area contributed by atoms with Crippen LogP contribution in [0.4, 0.5) is 0 Å². The van der Waals surface area contributed by atoms with Crippen molar-refractivity contribution < 1.29 is 9.21 Å². The molecule has 0 aliphatic carbocycles. The summed E-state index contributed by atoms with van der Waals surface area (Å²) in [5, 5.41) is 3.22. The molecule has 0 fully saturated rings. The minimum Gasteiger partial charge on any atom is -0.443 e. The monoisotopic (exact) mass is 389 g/mol. The van der Waals surface area contributed by atoms with Crippen LogP contribution in [-0.4, -0.2) is 15.5 Å². The van der Waals surface area contributed by atoms with Crippen LogP contribution in [0.5, 0.6) is 0 Å². The van der Waals surface area contributed by atoms with Crippen LogP contribution in [0.2, 0.25) is 0 Å². The Bertz CT molecular complexity index is 975. The lowest BCUT2D eigenvalue weighted by Gasteiger charge is -2.07. The van der Waals surface area contributed by atoms with Gasteiger partial charge in [0, 0.05) is 16.6 Å². The van der Waals surface area contributed by atoms with Gasteiger partial charge in [-0.25, -0.2) is 4.98 Å². The fraction of sp³-hybridized carbons (Fsp3) is 0.235. The summed E-state index contributed by atoms with van der Waals surface area (Å²) in [5.74, 6) is 0.405. The molecule has 0 spiro atoms. The lowest BCUT2D eigenvalue weighted by molar-refractivity contribution is -0.121. The van der Waals surface area contributed by atoms with Crippen LogP contribution >= 0.6 is 15.9 Å². The first-order chi connectivity index (χ1) is 11.5. The summed E-state index contributed by atoms with van der Waals surface area (Å²) in [7, 11) is 0. The largest absolute Gasteiger partial charge is 0.443 e. The maximum absolute atomic E-state index is 12.5. The number of aryl methyl sites for hydroxylation is 2. The molecule has 2 heterocycles. The molecule has 6 nitrogen and oxygen atoms in total. The van der Waals surface area contributed by atoms with Gasteiger partial charge in [0.1, 0.15) is 24.0 Å². The zero-order chi connectivity index (χ0) is 17.3. The van der Waals surface area contributed by atoms with Gasteiger partial charge >= 0.3 is 0 Å². The summed E-state index contributed by atoms with van der Waals surface area (Å²) in [5.41, 5.74) is 1.76. The molecule has 3 aromatic rings. The Morgan fingerprint density at radius 1 is 1.38 bits per heavy atom. The van der Waals surface area contributed by atoms with E-state index < -0.39 is 0 Å². The smallest absolute Gasteiger partial charge is 0.265 e. The summed E-state index contributed by atoms with van der Waals surface area (Å²) in [6.07, 6.45) is 1.34. The summed E-state index contributed by atoms with van der Waals surface area (Å²) in [6, 6.07) is 7.67. The molecule has 0 unspecified atom stereocenters.